The monoisotopic (exact) mass is 270 g/mol. The van der Waals surface area contributed by atoms with E-state index < -0.39 is 11.9 Å². The number of aliphatic carboxylic acids is 1. The maximum Gasteiger partial charge on any atom is 0.320 e. The van der Waals surface area contributed by atoms with Crippen LogP contribution in [-0.2, 0) is 9.53 Å². The fourth-order valence-corrected chi connectivity index (χ4v) is 2.72. The number of hydrogen-bond acceptors (Lipinski definition) is 3. The highest BCUT2D eigenvalue weighted by molar-refractivity contribution is 5.76. The van der Waals surface area contributed by atoms with E-state index in [0.717, 1.165) is 12.8 Å². The molecule has 19 heavy (non-hydrogen) atoms. The van der Waals surface area contributed by atoms with Crippen molar-refractivity contribution in [2.45, 2.75) is 32.3 Å². The van der Waals surface area contributed by atoms with Crippen molar-refractivity contribution in [3.8, 4) is 0 Å². The molecule has 2 aliphatic heterocycles. The molecule has 6 heteroatoms. The summed E-state index contributed by atoms with van der Waals surface area (Å²) in [6.07, 6.45) is 2.32. The molecule has 2 atom stereocenters. The van der Waals surface area contributed by atoms with Crippen LogP contribution in [-0.4, -0.2) is 65.8 Å². The number of ether oxygens (including phenoxy) is 1. The van der Waals surface area contributed by atoms with Gasteiger partial charge in [0.2, 0.25) is 0 Å². The molecule has 0 aromatic carbocycles. The molecule has 0 aromatic heterocycles. The fraction of sp³-hybridized carbons (Fsp3) is 0.846. The van der Waals surface area contributed by atoms with E-state index in [1.807, 2.05) is 6.92 Å². The summed E-state index contributed by atoms with van der Waals surface area (Å²) in [6.45, 7) is 4.92. The number of piperidine rings is 1. The van der Waals surface area contributed by atoms with Gasteiger partial charge < -0.3 is 19.6 Å². The maximum absolute atomic E-state index is 12.4. The number of carbonyl (C=O) groups excluding carboxylic acids is 1. The first-order valence-corrected chi connectivity index (χ1v) is 6.96. The molecule has 2 aliphatic rings. The summed E-state index contributed by atoms with van der Waals surface area (Å²) in [5.74, 6) is -1.22. The second-order valence-electron chi connectivity index (χ2n) is 5.39. The molecule has 108 valence electrons. The van der Waals surface area contributed by atoms with E-state index >= 15 is 0 Å². The Morgan fingerprint density at radius 2 is 1.84 bits per heavy atom. The topological polar surface area (TPSA) is 70.1 Å². The van der Waals surface area contributed by atoms with Crippen LogP contribution in [0.15, 0.2) is 0 Å². The lowest BCUT2D eigenvalue weighted by Gasteiger charge is -2.35. The Hall–Kier alpha value is -1.30. The molecule has 2 unspecified atom stereocenters. The van der Waals surface area contributed by atoms with Crippen molar-refractivity contribution in [2.75, 3.05) is 32.8 Å². The summed E-state index contributed by atoms with van der Waals surface area (Å²) >= 11 is 0. The minimum Gasteiger partial charge on any atom is -0.481 e. The minimum absolute atomic E-state index is 0.0386. The number of amides is 2. The van der Waals surface area contributed by atoms with E-state index in [1.54, 1.807) is 9.80 Å². The average molecular weight is 270 g/mol. The average Bonchev–Trinajstić information content (AvgIpc) is 2.62. The smallest absolute Gasteiger partial charge is 0.320 e. The molecule has 0 aromatic rings. The van der Waals surface area contributed by atoms with Crippen molar-refractivity contribution in [1.82, 2.24) is 9.80 Å². The number of likely N-dealkylation sites (tertiary alicyclic amines) is 1. The molecule has 2 heterocycles. The number of carboxylic acids is 1. The van der Waals surface area contributed by atoms with Gasteiger partial charge in [-0.3, -0.25) is 4.79 Å². The summed E-state index contributed by atoms with van der Waals surface area (Å²) in [5, 5.41) is 9.06. The lowest BCUT2D eigenvalue weighted by molar-refractivity contribution is -0.143. The van der Waals surface area contributed by atoms with Crippen LogP contribution >= 0.6 is 0 Å². The third-order valence-electron chi connectivity index (χ3n) is 3.76. The van der Waals surface area contributed by atoms with Crippen LogP contribution in [0.4, 0.5) is 4.79 Å². The van der Waals surface area contributed by atoms with Gasteiger partial charge in [0.25, 0.3) is 0 Å². The van der Waals surface area contributed by atoms with Gasteiger partial charge in [-0.25, -0.2) is 4.79 Å². The van der Waals surface area contributed by atoms with E-state index in [2.05, 4.69) is 0 Å². The molecule has 0 aliphatic carbocycles. The summed E-state index contributed by atoms with van der Waals surface area (Å²) < 4.78 is 5.52. The van der Waals surface area contributed by atoms with Gasteiger partial charge in [0.1, 0.15) is 0 Å². The van der Waals surface area contributed by atoms with E-state index in [0.29, 0.717) is 39.2 Å². The largest absolute Gasteiger partial charge is 0.481 e. The van der Waals surface area contributed by atoms with Crippen LogP contribution in [0.3, 0.4) is 0 Å². The van der Waals surface area contributed by atoms with Crippen LogP contribution in [0.25, 0.3) is 0 Å². The number of nitrogens with zero attached hydrogens (tertiary/aromatic N) is 2. The zero-order valence-electron chi connectivity index (χ0n) is 11.4. The fourth-order valence-electron chi connectivity index (χ4n) is 2.72. The Morgan fingerprint density at radius 3 is 2.58 bits per heavy atom. The van der Waals surface area contributed by atoms with Crippen molar-refractivity contribution in [2.24, 2.45) is 5.92 Å². The first kappa shape index (κ1) is 14.1. The predicted octanol–water partition coefficient (Wildman–Crippen LogP) is 1.01. The van der Waals surface area contributed by atoms with Gasteiger partial charge in [0.15, 0.2) is 0 Å². The van der Waals surface area contributed by atoms with E-state index in [4.69, 9.17) is 9.84 Å². The number of carbonyl (C=O) groups is 2. The van der Waals surface area contributed by atoms with Gasteiger partial charge in [0.05, 0.1) is 12.0 Å². The summed E-state index contributed by atoms with van der Waals surface area (Å²) in [4.78, 5) is 26.9. The molecule has 2 saturated heterocycles. The summed E-state index contributed by atoms with van der Waals surface area (Å²) in [7, 11) is 0. The standard InChI is InChI=1S/C13H22N2O4/c1-10-8-14(6-3-7-19-10)13(18)15-5-2-4-11(9-15)12(16)17/h10-11H,2-9H2,1H3,(H,16,17). The maximum atomic E-state index is 12.4. The Balaban J connectivity index is 1.96. The lowest BCUT2D eigenvalue weighted by Crippen LogP contribution is -2.50. The van der Waals surface area contributed by atoms with Crippen molar-refractivity contribution >= 4 is 12.0 Å². The van der Waals surface area contributed by atoms with Gasteiger partial charge in [-0.2, -0.15) is 0 Å². The lowest BCUT2D eigenvalue weighted by atomic mass is 9.98. The Bertz CT molecular complexity index is 348. The van der Waals surface area contributed by atoms with Crippen molar-refractivity contribution in [3.63, 3.8) is 0 Å². The van der Waals surface area contributed by atoms with Crippen molar-refractivity contribution in [3.05, 3.63) is 0 Å². The van der Waals surface area contributed by atoms with Crippen LogP contribution in [0, 0.1) is 5.92 Å². The SMILES string of the molecule is CC1CN(C(=O)N2CCCC(C(=O)O)C2)CCCO1. The first-order chi connectivity index (χ1) is 9.08. The highest BCUT2D eigenvalue weighted by Crippen LogP contribution is 2.19. The Morgan fingerprint density at radius 1 is 1.16 bits per heavy atom. The predicted molar refractivity (Wildman–Crippen MR) is 68.9 cm³/mol. The molecule has 0 spiro atoms. The normalized spacial score (nSPS) is 28.9. The molecule has 1 N–H and O–H groups in total. The van der Waals surface area contributed by atoms with Gasteiger partial charge in [0, 0.05) is 32.8 Å². The van der Waals surface area contributed by atoms with Crippen LogP contribution < -0.4 is 0 Å². The molecule has 2 amide bonds. The van der Waals surface area contributed by atoms with E-state index in [-0.39, 0.29) is 12.1 Å². The highest BCUT2D eigenvalue weighted by Gasteiger charge is 2.31. The third kappa shape index (κ3) is 3.59. The molecular weight excluding hydrogens is 248 g/mol. The summed E-state index contributed by atoms with van der Waals surface area (Å²) in [5.41, 5.74) is 0. The van der Waals surface area contributed by atoms with Gasteiger partial charge in [-0.05, 0) is 26.2 Å². The highest BCUT2D eigenvalue weighted by atomic mass is 16.5. The van der Waals surface area contributed by atoms with Crippen molar-refractivity contribution in [1.29, 1.82) is 0 Å². The molecule has 0 radical (unpaired) electrons. The van der Waals surface area contributed by atoms with Crippen LogP contribution in [0.5, 0.6) is 0 Å². The molecule has 0 saturated carbocycles. The van der Waals surface area contributed by atoms with Gasteiger partial charge >= 0.3 is 12.0 Å². The number of urea groups is 1. The quantitative estimate of drug-likeness (QED) is 0.772. The number of hydrogen-bond donors (Lipinski definition) is 1. The molecule has 2 fully saturated rings. The minimum atomic E-state index is -0.801. The zero-order chi connectivity index (χ0) is 13.8. The van der Waals surface area contributed by atoms with Crippen LogP contribution in [0.2, 0.25) is 0 Å². The van der Waals surface area contributed by atoms with Gasteiger partial charge in [-0.15, -0.1) is 0 Å². The third-order valence-corrected chi connectivity index (χ3v) is 3.76. The Kier molecular flexibility index (Phi) is 4.63. The number of carboxylic acid groups (broad SMARTS) is 1. The number of rotatable bonds is 1. The Labute approximate surface area is 113 Å². The van der Waals surface area contributed by atoms with E-state index in [1.165, 1.54) is 0 Å². The van der Waals surface area contributed by atoms with E-state index in [9.17, 15) is 9.59 Å². The van der Waals surface area contributed by atoms with Gasteiger partial charge in [-0.1, -0.05) is 0 Å². The van der Waals surface area contributed by atoms with Crippen LogP contribution in [0.1, 0.15) is 26.2 Å². The molecule has 6 nitrogen and oxygen atoms in total. The molecular formula is C13H22N2O4. The molecule has 0 bridgehead atoms. The summed E-state index contributed by atoms with van der Waals surface area (Å²) in [6, 6.07) is -0.0386. The second kappa shape index (κ2) is 6.23. The zero-order valence-corrected chi connectivity index (χ0v) is 11.4. The second-order valence-corrected chi connectivity index (χ2v) is 5.39. The first-order valence-electron chi connectivity index (χ1n) is 6.96. The molecule has 2 rings (SSSR count). The van der Waals surface area contributed by atoms with Crippen molar-refractivity contribution < 1.29 is 19.4 Å².